The summed E-state index contributed by atoms with van der Waals surface area (Å²) in [6.45, 7) is 8.61. The van der Waals surface area contributed by atoms with Crippen LogP contribution in [-0.4, -0.2) is 62.2 Å². The molecule has 3 aliphatic heterocycles. The molecule has 0 bridgehead atoms. The Morgan fingerprint density at radius 1 is 0.933 bits per heavy atom. The van der Waals surface area contributed by atoms with Gasteiger partial charge in [0.2, 0.25) is 0 Å². The van der Waals surface area contributed by atoms with E-state index in [4.69, 9.17) is 4.84 Å². The van der Waals surface area contributed by atoms with E-state index in [1.165, 1.54) is 54.8 Å². The molecule has 0 aromatic heterocycles. The smallest absolute Gasteiger partial charge is 0.369 e. The molecule has 0 saturated carbocycles. The maximum absolute atomic E-state index is 14.1. The van der Waals surface area contributed by atoms with Gasteiger partial charge >= 0.3 is 5.97 Å². The summed E-state index contributed by atoms with van der Waals surface area (Å²) in [5, 5.41) is 0. The number of Topliss-reactive ketones (excluding diaryl/α,β-unsaturated/α-hetero) is 1. The summed E-state index contributed by atoms with van der Waals surface area (Å²) < 4.78 is 13.8. The van der Waals surface area contributed by atoms with E-state index in [1.807, 2.05) is 0 Å². The summed E-state index contributed by atoms with van der Waals surface area (Å²) in [4.78, 5) is 38.8. The zero-order chi connectivity index (χ0) is 31.8. The number of hydrogen-bond acceptors (Lipinski definition) is 5. The van der Waals surface area contributed by atoms with Crippen molar-refractivity contribution in [2.45, 2.75) is 109 Å². The molecule has 45 heavy (non-hydrogen) atoms. The second kappa shape index (κ2) is 15.6. The number of likely N-dealkylation sites (N-methyl/N-ethyl adjacent to an activating group) is 1. The number of fused-ring (bicyclic) bond motifs is 3. The van der Waals surface area contributed by atoms with Crippen LogP contribution < -0.4 is 9.80 Å². The van der Waals surface area contributed by atoms with E-state index in [-0.39, 0.29) is 29.4 Å². The molecule has 3 atom stereocenters. The molecule has 1 unspecified atom stereocenters. The van der Waals surface area contributed by atoms with Crippen molar-refractivity contribution in [2.24, 2.45) is 5.92 Å². The highest BCUT2D eigenvalue weighted by Crippen LogP contribution is 2.51. The number of benzene rings is 2. The minimum absolute atomic E-state index is 0.00930. The molecule has 0 spiro atoms. The average Bonchev–Trinajstić information content (AvgIpc) is 3.35. The number of piperidine rings is 1. The predicted octanol–water partition coefficient (Wildman–Crippen LogP) is 8.45. The van der Waals surface area contributed by atoms with Crippen LogP contribution in [0.4, 0.5) is 15.8 Å². The van der Waals surface area contributed by atoms with Crippen molar-refractivity contribution in [1.82, 2.24) is 0 Å². The number of likely N-dealkylation sites (tertiary alicyclic amines) is 1. The average molecular weight is 621 g/mol. The van der Waals surface area contributed by atoms with Gasteiger partial charge in [-0.15, -0.1) is 4.65 Å². The third-order valence-electron chi connectivity index (χ3n) is 10.6. The zero-order valence-corrected chi connectivity index (χ0v) is 27.9. The summed E-state index contributed by atoms with van der Waals surface area (Å²) in [7, 11) is 2.18. The standard InChI is InChI=1S/C38H55FN3O3/c1-4-6-8-10-14-30(15-11-9-7-5-2)38(44)45-42(26-13-18-36(43)29-19-21-31(39)22-20-29)27-23-34-33(28-42)32-16-12-17-35-37(32)41(34)25-24-40(35)3/h12,16-17,19-22,30,33-34H,4-11,13-15,18,23-28H2,1-3H3/q+1/t33-,34-,42?/m0/s1. The fourth-order valence-electron chi connectivity index (χ4n) is 8.03. The Morgan fingerprint density at radius 3 is 2.33 bits per heavy atom. The number of para-hydroxylation sites is 1. The Hall–Kier alpha value is -2.93. The second-order valence-corrected chi connectivity index (χ2v) is 13.8. The molecule has 1 saturated heterocycles. The molecule has 6 nitrogen and oxygen atoms in total. The number of carbonyl (C=O) groups is 2. The molecular weight excluding hydrogens is 565 g/mol. The van der Waals surface area contributed by atoms with Crippen LogP contribution in [0.3, 0.4) is 0 Å². The lowest BCUT2D eigenvalue weighted by Gasteiger charge is -2.45. The number of rotatable bonds is 17. The van der Waals surface area contributed by atoms with Crippen molar-refractivity contribution in [1.29, 1.82) is 0 Å². The van der Waals surface area contributed by atoms with Gasteiger partial charge in [0, 0.05) is 51.0 Å². The van der Waals surface area contributed by atoms with Crippen molar-refractivity contribution in [3.63, 3.8) is 0 Å². The molecule has 1 fully saturated rings. The first-order chi connectivity index (χ1) is 21.9. The molecule has 0 radical (unpaired) electrons. The Balaban J connectivity index is 1.35. The Labute approximate surface area is 270 Å². The number of unbranched alkanes of at least 4 members (excludes halogenated alkanes) is 6. The lowest BCUT2D eigenvalue weighted by Crippen LogP contribution is -2.60. The van der Waals surface area contributed by atoms with Gasteiger partial charge in [-0.1, -0.05) is 77.3 Å². The third-order valence-corrected chi connectivity index (χ3v) is 10.6. The summed E-state index contributed by atoms with van der Waals surface area (Å²) in [5.74, 6) is -0.154. The van der Waals surface area contributed by atoms with E-state index in [2.05, 4.69) is 48.9 Å². The minimum Gasteiger partial charge on any atom is -0.371 e. The van der Waals surface area contributed by atoms with E-state index < -0.39 is 0 Å². The molecule has 0 aliphatic carbocycles. The molecule has 246 valence electrons. The van der Waals surface area contributed by atoms with Crippen LogP contribution >= 0.6 is 0 Å². The molecule has 2 aromatic rings. The second-order valence-electron chi connectivity index (χ2n) is 13.8. The van der Waals surface area contributed by atoms with Gasteiger partial charge in [-0.3, -0.25) is 9.63 Å². The topological polar surface area (TPSA) is 49.9 Å². The molecule has 0 amide bonds. The highest BCUT2D eigenvalue weighted by Gasteiger charge is 2.52. The van der Waals surface area contributed by atoms with Crippen LogP contribution in [0.25, 0.3) is 0 Å². The number of hydrogen-bond donors (Lipinski definition) is 0. The molecule has 0 N–H and O–H groups in total. The van der Waals surface area contributed by atoms with Crippen LogP contribution in [-0.2, 0) is 9.63 Å². The van der Waals surface area contributed by atoms with Crippen molar-refractivity contribution in [2.75, 3.05) is 49.6 Å². The van der Waals surface area contributed by atoms with Crippen molar-refractivity contribution >= 4 is 23.1 Å². The Bertz CT molecular complexity index is 1270. The van der Waals surface area contributed by atoms with Crippen molar-refractivity contribution in [3.05, 3.63) is 59.4 Å². The third kappa shape index (κ3) is 7.90. The Morgan fingerprint density at radius 2 is 1.64 bits per heavy atom. The summed E-state index contributed by atoms with van der Waals surface area (Å²) in [6.07, 6.45) is 12.9. The molecule has 3 aliphatic rings. The maximum atomic E-state index is 14.1. The largest absolute Gasteiger partial charge is 0.371 e. The highest BCUT2D eigenvalue weighted by atomic mass is 19.1. The molecule has 5 rings (SSSR count). The molecular formula is C38H55FN3O3+. The fourth-order valence-corrected chi connectivity index (χ4v) is 8.03. The minimum atomic E-state index is -0.339. The van der Waals surface area contributed by atoms with Crippen LogP contribution in [0.1, 0.15) is 119 Å². The van der Waals surface area contributed by atoms with Gasteiger partial charge in [0.15, 0.2) is 5.78 Å². The summed E-state index contributed by atoms with van der Waals surface area (Å²) in [6, 6.07) is 12.9. The normalized spacial score (nSPS) is 22.0. The monoisotopic (exact) mass is 620 g/mol. The number of anilines is 2. The lowest BCUT2D eigenvalue weighted by molar-refractivity contribution is -1.09. The van der Waals surface area contributed by atoms with E-state index in [9.17, 15) is 14.0 Å². The van der Waals surface area contributed by atoms with Gasteiger partial charge in [0.05, 0.1) is 23.2 Å². The van der Waals surface area contributed by atoms with E-state index in [1.54, 1.807) is 12.1 Å². The van der Waals surface area contributed by atoms with Crippen LogP contribution in [0.5, 0.6) is 0 Å². The highest BCUT2D eigenvalue weighted by molar-refractivity contribution is 5.95. The quantitative estimate of drug-likeness (QED) is 0.101. The van der Waals surface area contributed by atoms with Crippen LogP contribution in [0, 0.1) is 11.7 Å². The van der Waals surface area contributed by atoms with E-state index in [0.717, 1.165) is 71.1 Å². The number of ketones is 1. The van der Waals surface area contributed by atoms with Gasteiger partial charge < -0.3 is 9.80 Å². The van der Waals surface area contributed by atoms with Gasteiger partial charge in [-0.05, 0) is 48.7 Å². The number of quaternary nitrogens is 1. The summed E-state index contributed by atoms with van der Waals surface area (Å²) >= 11 is 0. The maximum Gasteiger partial charge on any atom is 0.369 e. The van der Waals surface area contributed by atoms with Crippen LogP contribution in [0.15, 0.2) is 42.5 Å². The molecule has 3 heterocycles. The van der Waals surface area contributed by atoms with Crippen molar-refractivity contribution in [3.8, 4) is 0 Å². The SMILES string of the molecule is CCCCCCC(CCCCCC)C(=O)O[N+]1(CCCC(=O)c2ccc(F)cc2)CC[C@H]2[C@@H](C1)c1cccc3c1N2CCN3C. The van der Waals surface area contributed by atoms with Gasteiger partial charge in [-0.2, -0.15) is 0 Å². The molecule has 7 heteroatoms. The molecule has 2 aromatic carbocycles. The fraction of sp³-hybridized carbons (Fsp3) is 0.632. The first-order valence-corrected chi connectivity index (χ1v) is 17.8. The number of hydroxylamine groups is 3. The Kier molecular flexibility index (Phi) is 11.6. The van der Waals surface area contributed by atoms with Gasteiger partial charge in [0.25, 0.3) is 0 Å². The number of carbonyl (C=O) groups excluding carboxylic acids is 2. The van der Waals surface area contributed by atoms with Crippen LogP contribution in [0.2, 0.25) is 0 Å². The number of halogens is 1. The first kappa shape index (κ1) is 33.4. The van der Waals surface area contributed by atoms with Crippen molar-refractivity contribution < 1.29 is 23.5 Å². The predicted molar refractivity (Wildman–Crippen MR) is 180 cm³/mol. The zero-order valence-electron chi connectivity index (χ0n) is 27.9. The lowest BCUT2D eigenvalue weighted by atomic mass is 9.88. The van der Waals surface area contributed by atoms with E-state index >= 15 is 0 Å². The van der Waals surface area contributed by atoms with Gasteiger partial charge in [0.1, 0.15) is 25.5 Å². The summed E-state index contributed by atoms with van der Waals surface area (Å²) in [5.41, 5.74) is 4.57. The van der Waals surface area contributed by atoms with E-state index in [0.29, 0.717) is 35.6 Å². The number of nitrogens with zero attached hydrogens (tertiary/aromatic N) is 3. The first-order valence-electron chi connectivity index (χ1n) is 17.8. The van der Waals surface area contributed by atoms with Gasteiger partial charge in [-0.25, -0.2) is 9.18 Å².